The van der Waals surface area contributed by atoms with E-state index in [0.29, 0.717) is 6.54 Å². The lowest BCUT2D eigenvalue weighted by atomic mass is 10.2. The van der Waals surface area contributed by atoms with Gasteiger partial charge in [0.05, 0.1) is 6.54 Å². The second-order valence-corrected chi connectivity index (χ2v) is 3.77. The van der Waals surface area contributed by atoms with Crippen LogP contribution in [0.2, 0.25) is 0 Å². The topological polar surface area (TPSA) is 4.93 Å². The number of rotatable bonds is 1. The van der Waals surface area contributed by atoms with Gasteiger partial charge in [-0.15, -0.1) is 6.42 Å². The van der Waals surface area contributed by atoms with Crippen molar-refractivity contribution in [3.63, 3.8) is 0 Å². The molecule has 0 unspecified atom stereocenters. The van der Waals surface area contributed by atoms with Gasteiger partial charge in [0.2, 0.25) is 0 Å². The van der Waals surface area contributed by atoms with Crippen molar-refractivity contribution in [2.24, 2.45) is 0 Å². The van der Waals surface area contributed by atoms with Crippen LogP contribution < -0.4 is 0 Å². The van der Waals surface area contributed by atoms with Crippen LogP contribution in [0.5, 0.6) is 0 Å². The Hall–Kier alpha value is -1.20. The zero-order valence-corrected chi connectivity index (χ0v) is 8.58. The highest BCUT2D eigenvalue weighted by Crippen LogP contribution is 2.20. The van der Waals surface area contributed by atoms with E-state index in [2.05, 4.69) is 44.6 Å². The van der Waals surface area contributed by atoms with Crippen molar-refractivity contribution >= 4 is 26.8 Å². The fraction of sp³-hybridized carbons (Fsp3) is 0.0909. The van der Waals surface area contributed by atoms with Crippen molar-refractivity contribution in [2.45, 2.75) is 6.54 Å². The molecule has 1 heterocycles. The molecule has 0 bridgehead atoms. The molecule has 2 rings (SSSR count). The molecule has 0 fully saturated rings. The van der Waals surface area contributed by atoms with E-state index < -0.39 is 0 Å². The van der Waals surface area contributed by atoms with Crippen LogP contribution in [-0.2, 0) is 6.54 Å². The third-order valence-corrected chi connectivity index (χ3v) is 2.49. The van der Waals surface area contributed by atoms with Gasteiger partial charge in [-0.05, 0) is 23.6 Å². The second kappa shape index (κ2) is 3.27. The zero-order valence-electron chi connectivity index (χ0n) is 7.00. The standard InChI is InChI=1S/C11H8BrN/c1-2-6-13-7-5-9-3-4-10(12)8-11(9)13/h1,3-5,7-8H,6H2. The molecule has 1 aromatic heterocycles. The van der Waals surface area contributed by atoms with Crippen LogP contribution in [0.1, 0.15) is 0 Å². The largest absolute Gasteiger partial charge is 0.336 e. The predicted molar refractivity (Wildman–Crippen MR) is 58.5 cm³/mol. The van der Waals surface area contributed by atoms with Crippen molar-refractivity contribution in [2.75, 3.05) is 0 Å². The number of hydrogen-bond acceptors (Lipinski definition) is 0. The van der Waals surface area contributed by atoms with E-state index in [1.807, 2.05) is 12.3 Å². The monoisotopic (exact) mass is 233 g/mol. The van der Waals surface area contributed by atoms with Gasteiger partial charge < -0.3 is 4.57 Å². The third-order valence-electron chi connectivity index (χ3n) is 2.00. The Balaban J connectivity index is 2.66. The molecule has 0 N–H and O–H groups in total. The van der Waals surface area contributed by atoms with Gasteiger partial charge in [0, 0.05) is 16.2 Å². The van der Waals surface area contributed by atoms with E-state index >= 15 is 0 Å². The van der Waals surface area contributed by atoms with Crippen molar-refractivity contribution in [3.8, 4) is 12.3 Å². The van der Waals surface area contributed by atoms with Crippen molar-refractivity contribution < 1.29 is 0 Å². The van der Waals surface area contributed by atoms with Gasteiger partial charge in [0.1, 0.15) is 0 Å². The first-order chi connectivity index (χ1) is 6.31. The number of terminal acetylenes is 1. The first-order valence-corrected chi connectivity index (χ1v) is 4.78. The van der Waals surface area contributed by atoms with Crippen LogP contribution in [0.15, 0.2) is 34.9 Å². The van der Waals surface area contributed by atoms with Gasteiger partial charge in [0.15, 0.2) is 0 Å². The smallest absolute Gasteiger partial charge is 0.0834 e. The lowest BCUT2D eigenvalue weighted by Crippen LogP contribution is -1.91. The maximum Gasteiger partial charge on any atom is 0.0834 e. The van der Waals surface area contributed by atoms with E-state index in [-0.39, 0.29) is 0 Å². The van der Waals surface area contributed by atoms with Crippen LogP contribution in [0.4, 0.5) is 0 Å². The van der Waals surface area contributed by atoms with Gasteiger partial charge >= 0.3 is 0 Å². The Bertz CT molecular complexity index is 476. The van der Waals surface area contributed by atoms with Crippen LogP contribution in [-0.4, -0.2) is 4.57 Å². The predicted octanol–water partition coefficient (Wildman–Crippen LogP) is 3.04. The molecule has 1 aromatic carbocycles. The summed E-state index contributed by atoms with van der Waals surface area (Å²) in [6.45, 7) is 0.625. The normalized spacial score (nSPS) is 10.2. The van der Waals surface area contributed by atoms with E-state index in [0.717, 1.165) is 4.47 Å². The van der Waals surface area contributed by atoms with Crippen molar-refractivity contribution in [1.82, 2.24) is 4.57 Å². The molecule has 64 valence electrons. The molecule has 0 atom stereocenters. The highest BCUT2D eigenvalue weighted by Gasteiger charge is 1.99. The Labute approximate surface area is 85.5 Å². The minimum Gasteiger partial charge on any atom is -0.336 e. The molecule has 1 nitrogen and oxygen atoms in total. The van der Waals surface area contributed by atoms with E-state index in [1.54, 1.807) is 0 Å². The van der Waals surface area contributed by atoms with Crippen molar-refractivity contribution in [3.05, 3.63) is 34.9 Å². The highest BCUT2D eigenvalue weighted by molar-refractivity contribution is 9.10. The first-order valence-electron chi connectivity index (χ1n) is 3.99. The number of fused-ring (bicyclic) bond motifs is 1. The lowest BCUT2D eigenvalue weighted by molar-refractivity contribution is 0.886. The third kappa shape index (κ3) is 1.48. The average Bonchev–Trinajstić information content (AvgIpc) is 2.49. The molecular formula is C11H8BrN. The van der Waals surface area contributed by atoms with E-state index in [4.69, 9.17) is 6.42 Å². The molecule has 0 saturated heterocycles. The number of aromatic nitrogens is 1. The van der Waals surface area contributed by atoms with Gasteiger partial charge in [-0.2, -0.15) is 0 Å². The maximum atomic E-state index is 5.27. The van der Waals surface area contributed by atoms with E-state index in [1.165, 1.54) is 10.9 Å². The number of nitrogens with zero attached hydrogens (tertiary/aromatic N) is 1. The zero-order chi connectivity index (χ0) is 9.26. The second-order valence-electron chi connectivity index (χ2n) is 2.85. The Kier molecular flexibility index (Phi) is 2.12. The van der Waals surface area contributed by atoms with Gasteiger partial charge in [-0.25, -0.2) is 0 Å². The summed E-state index contributed by atoms with van der Waals surface area (Å²) in [7, 11) is 0. The molecule has 0 saturated carbocycles. The summed E-state index contributed by atoms with van der Waals surface area (Å²) in [4.78, 5) is 0. The summed E-state index contributed by atoms with van der Waals surface area (Å²) in [6, 6.07) is 8.25. The summed E-state index contributed by atoms with van der Waals surface area (Å²) in [5.41, 5.74) is 1.17. The quantitative estimate of drug-likeness (QED) is 0.668. The molecule has 0 aliphatic rings. The molecule has 0 amide bonds. The summed E-state index contributed by atoms with van der Waals surface area (Å²) in [5, 5.41) is 1.22. The summed E-state index contributed by atoms with van der Waals surface area (Å²) >= 11 is 3.44. The van der Waals surface area contributed by atoms with Crippen LogP contribution in [0.25, 0.3) is 10.9 Å². The lowest BCUT2D eigenvalue weighted by Gasteiger charge is -1.99. The molecular weight excluding hydrogens is 226 g/mol. The van der Waals surface area contributed by atoms with Gasteiger partial charge in [-0.1, -0.05) is 27.9 Å². The Morgan fingerprint density at radius 2 is 2.23 bits per heavy atom. The van der Waals surface area contributed by atoms with Crippen LogP contribution in [0.3, 0.4) is 0 Å². The van der Waals surface area contributed by atoms with Gasteiger partial charge in [0.25, 0.3) is 0 Å². The number of hydrogen-bond donors (Lipinski definition) is 0. The van der Waals surface area contributed by atoms with Gasteiger partial charge in [-0.3, -0.25) is 0 Å². The summed E-state index contributed by atoms with van der Waals surface area (Å²) < 4.78 is 3.14. The summed E-state index contributed by atoms with van der Waals surface area (Å²) in [5.74, 6) is 2.63. The molecule has 0 spiro atoms. The molecule has 0 radical (unpaired) electrons. The highest BCUT2D eigenvalue weighted by atomic mass is 79.9. The van der Waals surface area contributed by atoms with Crippen LogP contribution in [0, 0.1) is 12.3 Å². The number of benzene rings is 1. The maximum absolute atomic E-state index is 5.27. The average molecular weight is 234 g/mol. The summed E-state index contributed by atoms with van der Waals surface area (Å²) in [6.07, 6.45) is 7.28. The van der Waals surface area contributed by atoms with Crippen molar-refractivity contribution in [1.29, 1.82) is 0 Å². The molecule has 2 aromatic rings. The fourth-order valence-corrected chi connectivity index (χ4v) is 1.74. The SMILES string of the molecule is C#CCn1ccc2ccc(Br)cc21. The molecule has 0 aliphatic carbocycles. The molecule has 2 heteroatoms. The van der Waals surface area contributed by atoms with Crippen LogP contribution >= 0.6 is 15.9 Å². The Morgan fingerprint density at radius 3 is 3.00 bits per heavy atom. The fourth-order valence-electron chi connectivity index (χ4n) is 1.39. The minimum absolute atomic E-state index is 0.625. The molecule has 13 heavy (non-hydrogen) atoms. The molecule has 0 aliphatic heterocycles. The first kappa shape index (κ1) is 8.40. The Morgan fingerprint density at radius 1 is 1.38 bits per heavy atom. The number of halogens is 1. The van der Waals surface area contributed by atoms with E-state index in [9.17, 15) is 0 Å². The minimum atomic E-state index is 0.625.